The molecule has 0 bridgehead atoms. The molecule has 104 valence electrons. The Morgan fingerprint density at radius 3 is 2.44 bits per heavy atom. The van der Waals surface area contributed by atoms with E-state index in [9.17, 15) is 4.79 Å². The molecule has 0 saturated carbocycles. The van der Waals surface area contributed by atoms with Crippen molar-refractivity contribution in [3.05, 3.63) is 0 Å². The second-order valence-corrected chi connectivity index (χ2v) is 5.65. The van der Waals surface area contributed by atoms with Crippen molar-refractivity contribution in [2.45, 2.75) is 45.1 Å². The van der Waals surface area contributed by atoms with Crippen LogP contribution in [-0.2, 0) is 9.53 Å². The second kappa shape index (κ2) is 6.53. The number of amides is 1. The van der Waals surface area contributed by atoms with Crippen molar-refractivity contribution in [3.63, 3.8) is 0 Å². The molecular weight excluding hydrogens is 228 g/mol. The van der Waals surface area contributed by atoms with Crippen molar-refractivity contribution >= 4 is 5.91 Å². The maximum Gasteiger partial charge on any atom is 0.239 e. The Kier molecular flexibility index (Phi) is 5.01. The minimum Gasteiger partial charge on any atom is -0.381 e. The third-order valence-electron chi connectivity index (χ3n) is 4.56. The molecule has 1 unspecified atom stereocenters. The molecule has 2 rings (SSSR count). The summed E-state index contributed by atoms with van der Waals surface area (Å²) < 4.78 is 5.32. The summed E-state index contributed by atoms with van der Waals surface area (Å²) >= 11 is 0. The highest BCUT2D eigenvalue weighted by Crippen LogP contribution is 2.23. The van der Waals surface area contributed by atoms with Gasteiger partial charge in [-0.25, -0.2) is 0 Å². The Morgan fingerprint density at radius 2 is 1.89 bits per heavy atom. The molecule has 0 aromatic heterocycles. The fourth-order valence-corrected chi connectivity index (χ4v) is 3.05. The highest BCUT2D eigenvalue weighted by Gasteiger charge is 2.31. The number of carbonyl (C=O) groups is 1. The highest BCUT2D eigenvalue weighted by atomic mass is 16.5. The average molecular weight is 254 g/mol. The van der Waals surface area contributed by atoms with Crippen LogP contribution in [0.3, 0.4) is 0 Å². The number of carbonyl (C=O) groups excluding carboxylic acids is 1. The fourth-order valence-electron chi connectivity index (χ4n) is 3.05. The summed E-state index contributed by atoms with van der Waals surface area (Å²) in [7, 11) is 0. The molecule has 0 aromatic carbocycles. The lowest BCUT2D eigenvalue weighted by Gasteiger charge is -2.35. The molecule has 4 heteroatoms. The van der Waals surface area contributed by atoms with Gasteiger partial charge in [-0.3, -0.25) is 4.79 Å². The average Bonchev–Trinajstić information content (AvgIpc) is 2.47. The van der Waals surface area contributed by atoms with Crippen molar-refractivity contribution in [3.8, 4) is 0 Å². The first kappa shape index (κ1) is 13.8. The van der Waals surface area contributed by atoms with Gasteiger partial charge >= 0.3 is 0 Å². The van der Waals surface area contributed by atoms with Gasteiger partial charge in [0.15, 0.2) is 0 Å². The number of piperidine rings is 1. The number of ether oxygens (including phenoxy) is 1. The zero-order valence-electron chi connectivity index (χ0n) is 11.4. The summed E-state index contributed by atoms with van der Waals surface area (Å²) in [4.78, 5) is 14.3. The molecule has 2 fully saturated rings. The van der Waals surface area contributed by atoms with Gasteiger partial charge in [-0.1, -0.05) is 13.3 Å². The number of likely N-dealkylation sites (tertiary alicyclic amines) is 1. The van der Waals surface area contributed by atoms with Crippen molar-refractivity contribution in [2.24, 2.45) is 17.6 Å². The van der Waals surface area contributed by atoms with Crippen LogP contribution in [-0.4, -0.2) is 43.2 Å². The van der Waals surface area contributed by atoms with Crippen molar-refractivity contribution < 1.29 is 9.53 Å². The summed E-state index contributed by atoms with van der Waals surface area (Å²) in [5.74, 6) is 1.28. The van der Waals surface area contributed by atoms with Crippen LogP contribution in [0.15, 0.2) is 0 Å². The first-order valence-electron chi connectivity index (χ1n) is 7.34. The summed E-state index contributed by atoms with van der Waals surface area (Å²) in [6.07, 6.45) is 5.37. The van der Waals surface area contributed by atoms with Crippen LogP contribution in [0.4, 0.5) is 0 Å². The van der Waals surface area contributed by atoms with Gasteiger partial charge in [-0.05, 0) is 37.5 Å². The van der Waals surface area contributed by atoms with E-state index in [1.807, 2.05) is 4.90 Å². The second-order valence-electron chi connectivity index (χ2n) is 5.65. The Labute approximate surface area is 110 Å². The molecule has 2 heterocycles. The molecule has 0 aromatic rings. The van der Waals surface area contributed by atoms with E-state index in [4.69, 9.17) is 10.5 Å². The Morgan fingerprint density at radius 1 is 1.28 bits per heavy atom. The van der Waals surface area contributed by atoms with Crippen LogP contribution >= 0.6 is 0 Å². The summed E-state index contributed by atoms with van der Waals surface area (Å²) in [5, 5.41) is 0. The van der Waals surface area contributed by atoms with Crippen LogP contribution in [0.1, 0.15) is 39.0 Å². The molecule has 18 heavy (non-hydrogen) atoms. The van der Waals surface area contributed by atoms with Crippen LogP contribution < -0.4 is 5.73 Å². The smallest absolute Gasteiger partial charge is 0.239 e. The zero-order valence-corrected chi connectivity index (χ0v) is 11.4. The first-order chi connectivity index (χ1) is 8.72. The van der Waals surface area contributed by atoms with Crippen LogP contribution in [0.5, 0.6) is 0 Å². The SMILES string of the molecule is CCC1CCN(C(=O)C(N)C2CCOCC2)CC1. The van der Waals surface area contributed by atoms with Crippen LogP contribution in [0.2, 0.25) is 0 Å². The van der Waals surface area contributed by atoms with E-state index in [0.29, 0.717) is 5.92 Å². The van der Waals surface area contributed by atoms with E-state index < -0.39 is 0 Å². The van der Waals surface area contributed by atoms with Gasteiger partial charge in [-0.2, -0.15) is 0 Å². The monoisotopic (exact) mass is 254 g/mol. The number of nitrogens with zero attached hydrogens (tertiary/aromatic N) is 1. The molecule has 2 aliphatic rings. The maximum absolute atomic E-state index is 12.4. The Hall–Kier alpha value is -0.610. The van der Waals surface area contributed by atoms with E-state index in [0.717, 1.165) is 57.9 Å². The van der Waals surface area contributed by atoms with E-state index in [1.54, 1.807) is 0 Å². The predicted molar refractivity (Wildman–Crippen MR) is 71.1 cm³/mol. The lowest BCUT2D eigenvalue weighted by molar-refractivity contribution is -0.136. The minimum absolute atomic E-state index is 0.163. The Balaban J connectivity index is 1.83. The van der Waals surface area contributed by atoms with Gasteiger partial charge in [-0.15, -0.1) is 0 Å². The summed E-state index contributed by atoms with van der Waals surface area (Å²) in [6.45, 7) is 5.53. The van der Waals surface area contributed by atoms with Gasteiger partial charge in [0.2, 0.25) is 5.91 Å². The molecule has 1 amide bonds. The Bertz CT molecular complexity index is 269. The third-order valence-corrected chi connectivity index (χ3v) is 4.56. The van der Waals surface area contributed by atoms with Crippen molar-refractivity contribution in [1.29, 1.82) is 0 Å². The highest BCUT2D eigenvalue weighted by molar-refractivity contribution is 5.82. The predicted octanol–water partition coefficient (Wildman–Crippen LogP) is 1.39. The quantitative estimate of drug-likeness (QED) is 0.828. The molecular formula is C14H26N2O2. The maximum atomic E-state index is 12.4. The summed E-state index contributed by atoms with van der Waals surface area (Å²) in [6, 6.07) is -0.313. The van der Waals surface area contributed by atoms with E-state index in [-0.39, 0.29) is 11.9 Å². The largest absolute Gasteiger partial charge is 0.381 e. The fraction of sp³-hybridized carbons (Fsp3) is 0.929. The zero-order chi connectivity index (χ0) is 13.0. The van der Waals surface area contributed by atoms with Gasteiger partial charge < -0.3 is 15.4 Å². The number of rotatable bonds is 3. The molecule has 0 aliphatic carbocycles. The van der Waals surface area contributed by atoms with Crippen molar-refractivity contribution in [1.82, 2.24) is 4.90 Å². The molecule has 2 saturated heterocycles. The van der Waals surface area contributed by atoms with Crippen molar-refractivity contribution in [2.75, 3.05) is 26.3 Å². The van der Waals surface area contributed by atoms with Crippen LogP contribution in [0, 0.1) is 11.8 Å². The molecule has 0 spiro atoms. The molecule has 1 atom stereocenters. The lowest BCUT2D eigenvalue weighted by atomic mass is 9.89. The minimum atomic E-state index is -0.313. The van der Waals surface area contributed by atoms with E-state index >= 15 is 0 Å². The third kappa shape index (κ3) is 3.23. The van der Waals surface area contributed by atoms with Crippen LogP contribution in [0.25, 0.3) is 0 Å². The number of hydrogen-bond donors (Lipinski definition) is 1. The van der Waals surface area contributed by atoms with Gasteiger partial charge in [0.25, 0.3) is 0 Å². The lowest BCUT2D eigenvalue weighted by Crippen LogP contribution is -2.51. The molecule has 4 nitrogen and oxygen atoms in total. The summed E-state index contributed by atoms with van der Waals surface area (Å²) in [5.41, 5.74) is 6.14. The normalized spacial score (nSPS) is 25.1. The van der Waals surface area contributed by atoms with E-state index in [1.165, 1.54) is 6.42 Å². The molecule has 2 N–H and O–H groups in total. The van der Waals surface area contributed by atoms with Gasteiger partial charge in [0, 0.05) is 26.3 Å². The number of nitrogens with two attached hydrogens (primary N) is 1. The standard InChI is InChI=1S/C14H26N2O2/c1-2-11-3-7-16(8-4-11)14(17)13(15)12-5-9-18-10-6-12/h11-13H,2-10,15H2,1H3. The molecule has 2 aliphatic heterocycles. The van der Waals surface area contributed by atoms with Gasteiger partial charge in [0.1, 0.15) is 0 Å². The molecule has 0 radical (unpaired) electrons. The first-order valence-corrected chi connectivity index (χ1v) is 7.34. The van der Waals surface area contributed by atoms with E-state index in [2.05, 4.69) is 6.92 Å². The number of hydrogen-bond acceptors (Lipinski definition) is 3. The topological polar surface area (TPSA) is 55.6 Å². The van der Waals surface area contributed by atoms with Gasteiger partial charge in [0.05, 0.1) is 6.04 Å².